The molecule has 1 aliphatic rings. The summed E-state index contributed by atoms with van der Waals surface area (Å²) >= 11 is 11.7. The zero-order valence-electron chi connectivity index (χ0n) is 8.57. The first-order chi connectivity index (χ1) is 7.50. The quantitative estimate of drug-likeness (QED) is 0.821. The lowest BCUT2D eigenvalue weighted by Gasteiger charge is -2.14. The van der Waals surface area contributed by atoms with Crippen molar-refractivity contribution in [1.29, 1.82) is 0 Å². The van der Waals surface area contributed by atoms with Gasteiger partial charge in [-0.05, 0) is 30.9 Å². The van der Waals surface area contributed by atoms with E-state index in [2.05, 4.69) is 0 Å². The third-order valence-electron chi connectivity index (χ3n) is 2.32. The SMILES string of the molecule is NC(C[C@H]1/C=C/C(Cl)=C(Cl)\C=C\C1)C(=O)O. The van der Waals surface area contributed by atoms with Gasteiger partial charge >= 0.3 is 5.97 Å². The molecule has 0 spiro atoms. The Labute approximate surface area is 104 Å². The smallest absolute Gasteiger partial charge is 0.320 e. The van der Waals surface area contributed by atoms with E-state index < -0.39 is 12.0 Å². The topological polar surface area (TPSA) is 63.3 Å². The van der Waals surface area contributed by atoms with E-state index in [4.69, 9.17) is 34.0 Å². The van der Waals surface area contributed by atoms with E-state index >= 15 is 0 Å². The van der Waals surface area contributed by atoms with Gasteiger partial charge in [-0.1, -0.05) is 35.4 Å². The molecule has 1 rings (SSSR count). The Bertz CT molecular complexity index is 361. The van der Waals surface area contributed by atoms with E-state index in [1.165, 1.54) is 0 Å². The Morgan fingerprint density at radius 2 is 2.12 bits per heavy atom. The predicted molar refractivity (Wildman–Crippen MR) is 65.3 cm³/mol. The first-order valence-corrected chi connectivity index (χ1v) is 5.64. The lowest BCUT2D eigenvalue weighted by atomic mass is 9.95. The predicted octanol–water partition coefficient (Wildman–Crippen LogP) is 2.61. The highest BCUT2D eigenvalue weighted by molar-refractivity contribution is 6.41. The van der Waals surface area contributed by atoms with Gasteiger partial charge in [-0.3, -0.25) is 4.79 Å². The Morgan fingerprint density at radius 1 is 1.50 bits per heavy atom. The average Bonchev–Trinajstić information content (AvgIpc) is 2.22. The van der Waals surface area contributed by atoms with Gasteiger partial charge in [0.25, 0.3) is 0 Å². The second-order valence-electron chi connectivity index (χ2n) is 3.63. The van der Waals surface area contributed by atoms with Crippen LogP contribution < -0.4 is 5.73 Å². The Kier molecular flexibility index (Phi) is 5.06. The second kappa shape index (κ2) is 6.09. The normalized spacial score (nSPS) is 31.3. The lowest BCUT2D eigenvalue weighted by Crippen LogP contribution is -2.32. The molecule has 0 amide bonds. The maximum Gasteiger partial charge on any atom is 0.320 e. The minimum Gasteiger partial charge on any atom is -0.480 e. The van der Waals surface area contributed by atoms with Crippen molar-refractivity contribution in [3.63, 3.8) is 0 Å². The van der Waals surface area contributed by atoms with Crippen LogP contribution in [-0.2, 0) is 4.79 Å². The number of carbonyl (C=O) groups is 1. The molecule has 16 heavy (non-hydrogen) atoms. The van der Waals surface area contributed by atoms with Crippen LogP contribution in [0.3, 0.4) is 0 Å². The van der Waals surface area contributed by atoms with E-state index in [0.717, 1.165) is 0 Å². The molecule has 0 radical (unpaired) electrons. The van der Waals surface area contributed by atoms with E-state index in [-0.39, 0.29) is 5.92 Å². The molecule has 0 saturated carbocycles. The number of aliphatic carboxylic acids is 1. The summed E-state index contributed by atoms with van der Waals surface area (Å²) in [4.78, 5) is 10.6. The second-order valence-corrected chi connectivity index (χ2v) is 4.45. The molecule has 0 aliphatic heterocycles. The summed E-state index contributed by atoms with van der Waals surface area (Å²) in [6.07, 6.45) is 8.21. The maximum atomic E-state index is 10.6. The van der Waals surface area contributed by atoms with Crippen LogP contribution in [0.25, 0.3) is 0 Å². The third-order valence-corrected chi connectivity index (χ3v) is 3.08. The van der Waals surface area contributed by atoms with Gasteiger partial charge in [0, 0.05) is 0 Å². The molecule has 0 aromatic heterocycles. The number of hydrogen-bond donors (Lipinski definition) is 2. The van der Waals surface area contributed by atoms with Crippen molar-refractivity contribution in [3.05, 3.63) is 34.4 Å². The molecule has 0 heterocycles. The Morgan fingerprint density at radius 3 is 2.75 bits per heavy atom. The van der Waals surface area contributed by atoms with Crippen LogP contribution in [0.15, 0.2) is 34.4 Å². The number of carboxylic acid groups (broad SMARTS) is 1. The first-order valence-electron chi connectivity index (χ1n) is 4.89. The zero-order valence-corrected chi connectivity index (χ0v) is 10.1. The van der Waals surface area contributed by atoms with Crippen LogP contribution in [0.4, 0.5) is 0 Å². The fourth-order valence-corrected chi connectivity index (χ4v) is 1.69. The summed E-state index contributed by atoms with van der Waals surface area (Å²) in [6, 6.07) is -0.847. The van der Waals surface area contributed by atoms with Gasteiger partial charge in [-0.25, -0.2) is 0 Å². The van der Waals surface area contributed by atoms with Gasteiger partial charge in [-0.15, -0.1) is 0 Å². The van der Waals surface area contributed by atoms with Crippen molar-refractivity contribution < 1.29 is 9.90 Å². The van der Waals surface area contributed by atoms with Crippen LogP contribution in [-0.4, -0.2) is 17.1 Å². The minimum absolute atomic E-state index is 0.0702. The van der Waals surface area contributed by atoms with Gasteiger partial charge in [0.15, 0.2) is 0 Å². The minimum atomic E-state index is -0.987. The number of carboxylic acids is 1. The van der Waals surface area contributed by atoms with Crippen molar-refractivity contribution in [2.75, 3.05) is 0 Å². The summed E-state index contributed by atoms with van der Waals surface area (Å²) in [7, 11) is 0. The molecule has 0 aromatic carbocycles. The van der Waals surface area contributed by atoms with Crippen molar-refractivity contribution in [2.24, 2.45) is 11.7 Å². The zero-order chi connectivity index (χ0) is 12.1. The highest BCUT2D eigenvalue weighted by Crippen LogP contribution is 2.23. The molecular formula is C11H13Cl2NO2. The molecule has 0 fully saturated rings. The van der Waals surface area contributed by atoms with Gasteiger partial charge in [0.1, 0.15) is 6.04 Å². The van der Waals surface area contributed by atoms with Crippen molar-refractivity contribution in [1.82, 2.24) is 0 Å². The number of allylic oxidation sites excluding steroid dienone is 6. The van der Waals surface area contributed by atoms with Crippen molar-refractivity contribution in [3.8, 4) is 0 Å². The molecule has 3 N–H and O–H groups in total. The van der Waals surface area contributed by atoms with Crippen LogP contribution in [0.5, 0.6) is 0 Å². The monoisotopic (exact) mass is 261 g/mol. The van der Waals surface area contributed by atoms with Gasteiger partial charge in [0.2, 0.25) is 0 Å². The Hall–Kier alpha value is -0.770. The first kappa shape index (κ1) is 13.3. The largest absolute Gasteiger partial charge is 0.480 e. The number of hydrogen-bond acceptors (Lipinski definition) is 2. The van der Waals surface area contributed by atoms with Crippen molar-refractivity contribution in [2.45, 2.75) is 18.9 Å². The van der Waals surface area contributed by atoms with Crippen LogP contribution in [0.2, 0.25) is 0 Å². The summed E-state index contributed by atoms with van der Waals surface area (Å²) in [5.41, 5.74) is 5.47. The van der Waals surface area contributed by atoms with E-state index in [1.54, 1.807) is 12.2 Å². The van der Waals surface area contributed by atoms with E-state index in [1.807, 2.05) is 12.2 Å². The number of nitrogens with two attached hydrogens (primary N) is 1. The summed E-state index contributed by atoms with van der Waals surface area (Å²) in [5, 5.41) is 9.64. The number of rotatable bonds is 3. The van der Waals surface area contributed by atoms with Crippen molar-refractivity contribution >= 4 is 29.2 Å². The standard InChI is InChI=1S/C11H13Cl2NO2/c12-8-3-1-2-7(4-5-9(8)13)6-10(14)11(15)16/h1,3-5,7,10H,2,6,14H2,(H,15,16)/b3-1+,5-4+,9-8-/t7-,10?/m1/s1. The van der Waals surface area contributed by atoms with E-state index in [9.17, 15) is 4.79 Å². The fourth-order valence-electron chi connectivity index (χ4n) is 1.41. The molecule has 5 heteroatoms. The summed E-state index contributed by atoms with van der Waals surface area (Å²) in [5.74, 6) is -0.917. The molecule has 3 nitrogen and oxygen atoms in total. The highest BCUT2D eigenvalue weighted by Gasteiger charge is 2.16. The molecule has 0 aromatic rings. The molecule has 0 bridgehead atoms. The Balaban J connectivity index is 2.69. The van der Waals surface area contributed by atoms with Gasteiger partial charge in [0.05, 0.1) is 10.1 Å². The molecule has 1 unspecified atom stereocenters. The summed E-state index contributed by atoms with van der Waals surface area (Å²) < 4.78 is 0. The molecule has 2 atom stereocenters. The van der Waals surface area contributed by atoms with E-state index in [0.29, 0.717) is 22.9 Å². The van der Waals surface area contributed by atoms with Gasteiger partial charge in [-0.2, -0.15) is 0 Å². The lowest BCUT2D eigenvalue weighted by molar-refractivity contribution is -0.138. The molecule has 1 aliphatic carbocycles. The number of halogens is 2. The summed E-state index contributed by atoms with van der Waals surface area (Å²) in [6.45, 7) is 0. The van der Waals surface area contributed by atoms with Crippen LogP contribution >= 0.6 is 23.2 Å². The third kappa shape index (κ3) is 4.00. The molecular weight excluding hydrogens is 249 g/mol. The highest BCUT2D eigenvalue weighted by atomic mass is 35.5. The maximum absolute atomic E-state index is 10.6. The fraction of sp³-hybridized carbons (Fsp3) is 0.364. The molecule has 88 valence electrons. The van der Waals surface area contributed by atoms with Gasteiger partial charge < -0.3 is 10.8 Å². The molecule has 0 saturated heterocycles. The average molecular weight is 262 g/mol. The van der Waals surface area contributed by atoms with Crippen LogP contribution in [0, 0.1) is 5.92 Å². The van der Waals surface area contributed by atoms with Crippen LogP contribution in [0.1, 0.15) is 12.8 Å².